The van der Waals surface area contributed by atoms with E-state index in [1.807, 2.05) is 6.92 Å². The molecule has 0 fully saturated rings. The predicted molar refractivity (Wildman–Crippen MR) is 63.6 cm³/mol. The van der Waals surface area contributed by atoms with E-state index in [2.05, 4.69) is 24.9 Å². The maximum atomic E-state index is 8.83. The Kier molecular flexibility index (Phi) is 7.17. The first-order valence-corrected chi connectivity index (χ1v) is 5.35. The summed E-state index contributed by atoms with van der Waals surface area (Å²) in [6.07, 6.45) is 5.03. The molecular formula is C12H21N3. The van der Waals surface area contributed by atoms with E-state index in [1.54, 1.807) is 6.08 Å². The molecule has 84 valence electrons. The molecule has 0 aliphatic rings. The minimum Gasteiger partial charge on any atom is -0.403 e. The van der Waals surface area contributed by atoms with Gasteiger partial charge in [0.2, 0.25) is 0 Å². The zero-order valence-corrected chi connectivity index (χ0v) is 9.66. The van der Waals surface area contributed by atoms with Crippen molar-refractivity contribution < 1.29 is 0 Å². The Labute approximate surface area is 92.7 Å². The molecule has 2 atom stereocenters. The molecule has 0 bridgehead atoms. The second-order valence-corrected chi connectivity index (χ2v) is 3.78. The third kappa shape index (κ3) is 5.79. The molecule has 0 radical (unpaired) electrons. The van der Waals surface area contributed by atoms with Crippen LogP contribution < -0.4 is 11.1 Å². The molecule has 0 saturated heterocycles. The molecule has 0 amide bonds. The molecule has 3 heteroatoms. The first-order valence-electron chi connectivity index (χ1n) is 5.35. The van der Waals surface area contributed by atoms with Gasteiger partial charge in [0, 0.05) is 24.4 Å². The lowest BCUT2D eigenvalue weighted by atomic mass is 9.95. The van der Waals surface area contributed by atoms with Gasteiger partial charge in [0.05, 0.1) is 6.07 Å². The molecule has 0 spiro atoms. The van der Waals surface area contributed by atoms with Crippen molar-refractivity contribution in [2.45, 2.75) is 26.7 Å². The van der Waals surface area contributed by atoms with Crippen molar-refractivity contribution in [3.8, 4) is 6.07 Å². The molecule has 0 aromatic carbocycles. The van der Waals surface area contributed by atoms with Crippen molar-refractivity contribution in [2.24, 2.45) is 17.6 Å². The lowest BCUT2D eigenvalue weighted by Gasteiger charge is -2.15. The van der Waals surface area contributed by atoms with Crippen molar-refractivity contribution in [1.29, 1.82) is 5.26 Å². The van der Waals surface area contributed by atoms with E-state index >= 15 is 0 Å². The Balaban J connectivity index is 3.89. The first kappa shape index (κ1) is 13.6. The summed E-state index contributed by atoms with van der Waals surface area (Å²) >= 11 is 0. The first-order chi connectivity index (χ1) is 7.17. The van der Waals surface area contributed by atoms with Crippen LogP contribution in [0.2, 0.25) is 0 Å². The number of rotatable bonds is 7. The van der Waals surface area contributed by atoms with Gasteiger partial charge in [-0.1, -0.05) is 20.4 Å². The Bertz CT molecular complexity index is 250. The topological polar surface area (TPSA) is 61.8 Å². The van der Waals surface area contributed by atoms with Crippen molar-refractivity contribution in [3.05, 3.63) is 24.6 Å². The molecule has 2 unspecified atom stereocenters. The fourth-order valence-corrected chi connectivity index (χ4v) is 1.37. The maximum absolute atomic E-state index is 8.83. The molecule has 0 heterocycles. The lowest BCUT2D eigenvalue weighted by Crippen LogP contribution is -2.22. The fourth-order valence-electron chi connectivity index (χ4n) is 1.37. The number of hydrogen-bond acceptors (Lipinski definition) is 3. The molecule has 3 nitrogen and oxygen atoms in total. The van der Waals surface area contributed by atoms with Gasteiger partial charge in [-0.15, -0.1) is 0 Å². The van der Waals surface area contributed by atoms with Gasteiger partial charge in [-0.25, -0.2) is 0 Å². The molecule has 0 saturated carbocycles. The average Bonchev–Trinajstić information content (AvgIpc) is 2.27. The van der Waals surface area contributed by atoms with Gasteiger partial charge in [0.15, 0.2) is 0 Å². The van der Waals surface area contributed by atoms with E-state index in [0.29, 0.717) is 5.92 Å². The van der Waals surface area contributed by atoms with Gasteiger partial charge in [-0.2, -0.15) is 5.26 Å². The van der Waals surface area contributed by atoms with E-state index < -0.39 is 0 Å². The smallest absolute Gasteiger partial charge is 0.0655 e. The summed E-state index contributed by atoms with van der Waals surface area (Å²) in [6, 6.07) is 2.31. The third-order valence-electron chi connectivity index (χ3n) is 2.42. The summed E-state index contributed by atoms with van der Waals surface area (Å²) in [5.74, 6) is 0.625. The molecule has 15 heavy (non-hydrogen) atoms. The van der Waals surface area contributed by atoms with Crippen LogP contribution in [0.25, 0.3) is 0 Å². The van der Waals surface area contributed by atoms with E-state index in [9.17, 15) is 0 Å². The van der Waals surface area contributed by atoms with Crippen LogP contribution in [-0.2, 0) is 0 Å². The SMILES string of the molecule is C=C/C(=C/N)NCC(C)CC(C#N)CC. The van der Waals surface area contributed by atoms with Crippen molar-refractivity contribution in [2.75, 3.05) is 6.54 Å². The molecule has 0 aromatic heterocycles. The van der Waals surface area contributed by atoms with Gasteiger partial charge >= 0.3 is 0 Å². The Hall–Kier alpha value is -1.43. The van der Waals surface area contributed by atoms with Gasteiger partial charge in [-0.05, 0) is 24.8 Å². The maximum Gasteiger partial charge on any atom is 0.0655 e. The largest absolute Gasteiger partial charge is 0.403 e. The third-order valence-corrected chi connectivity index (χ3v) is 2.42. The van der Waals surface area contributed by atoms with Crippen LogP contribution in [-0.4, -0.2) is 6.54 Å². The van der Waals surface area contributed by atoms with E-state index in [1.165, 1.54) is 6.20 Å². The summed E-state index contributed by atoms with van der Waals surface area (Å²) in [5.41, 5.74) is 6.21. The van der Waals surface area contributed by atoms with Crippen LogP contribution in [0.1, 0.15) is 26.7 Å². The van der Waals surface area contributed by atoms with Gasteiger partial charge in [-0.3, -0.25) is 0 Å². The number of nitrogens with two attached hydrogens (primary N) is 1. The molecule has 0 aliphatic heterocycles. The Morgan fingerprint density at radius 2 is 2.33 bits per heavy atom. The van der Waals surface area contributed by atoms with Crippen molar-refractivity contribution in [1.82, 2.24) is 5.32 Å². The van der Waals surface area contributed by atoms with Crippen molar-refractivity contribution in [3.63, 3.8) is 0 Å². The second-order valence-electron chi connectivity index (χ2n) is 3.78. The van der Waals surface area contributed by atoms with Crippen LogP contribution in [0.5, 0.6) is 0 Å². The monoisotopic (exact) mass is 207 g/mol. The summed E-state index contributed by atoms with van der Waals surface area (Å²) in [4.78, 5) is 0. The van der Waals surface area contributed by atoms with Crippen LogP contribution in [0.15, 0.2) is 24.6 Å². The van der Waals surface area contributed by atoms with Crippen LogP contribution in [0, 0.1) is 23.2 Å². The quantitative estimate of drug-likeness (QED) is 0.629. The van der Waals surface area contributed by atoms with Gasteiger partial charge < -0.3 is 11.1 Å². The highest BCUT2D eigenvalue weighted by Crippen LogP contribution is 2.14. The number of nitrogens with zero attached hydrogens (tertiary/aromatic N) is 1. The van der Waals surface area contributed by atoms with Crippen LogP contribution in [0.3, 0.4) is 0 Å². The van der Waals surface area contributed by atoms with Gasteiger partial charge in [0.25, 0.3) is 0 Å². The summed E-state index contributed by atoms with van der Waals surface area (Å²) in [5, 5.41) is 12.0. The minimum absolute atomic E-state index is 0.163. The summed E-state index contributed by atoms with van der Waals surface area (Å²) < 4.78 is 0. The highest BCUT2D eigenvalue weighted by atomic mass is 14.9. The zero-order chi connectivity index (χ0) is 11.7. The molecule has 0 aliphatic carbocycles. The predicted octanol–water partition coefficient (Wildman–Crippen LogP) is 2.14. The average molecular weight is 207 g/mol. The van der Waals surface area contributed by atoms with Crippen LogP contribution >= 0.6 is 0 Å². The number of nitrogens with one attached hydrogen (secondary N) is 1. The highest BCUT2D eigenvalue weighted by molar-refractivity contribution is 5.12. The van der Waals surface area contributed by atoms with Crippen LogP contribution in [0.4, 0.5) is 0 Å². The summed E-state index contributed by atoms with van der Waals surface area (Å²) in [7, 11) is 0. The van der Waals surface area contributed by atoms with E-state index in [0.717, 1.165) is 25.1 Å². The lowest BCUT2D eigenvalue weighted by molar-refractivity contribution is 0.432. The number of hydrogen-bond donors (Lipinski definition) is 2. The Morgan fingerprint density at radius 1 is 1.67 bits per heavy atom. The number of nitriles is 1. The minimum atomic E-state index is 0.163. The number of allylic oxidation sites excluding steroid dienone is 1. The Morgan fingerprint density at radius 3 is 2.73 bits per heavy atom. The molecule has 3 N–H and O–H groups in total. The fraction of sp³-hybridized carbons (Fsp3) is 0.583. The van der Waals surface area contributed by atoms with E-state index in [4.69, 9.17) is 11.0 Å². The van der Waals surface area contributed by atoms with Crippen molar-refractivity contribution >= 4 is 0 Å². The standard InChI is InChI=1S/C12H21N3/c1-4-11(7-13)6-10(3)9-15-12(5-2)8-14/h5,8,10-11,15H,2,4,6,9,14H2,1,3H3/b12-8-. The summed E-state index contributed by atoms with van der Waals surface area (Å²) in [6.45, 7) is 8.64. The molecule has 0 rings (SSSR count). The zero-order valence-electron chi connectivity index (χ0n) is 9.66. The molecule has 0 aromatic rings. The normalized spacial score (nSPS) is 15.1. The second kappa shape index (κ2) is 7.93. The highest BCUT2D eigenvalue weighted by Gasteiger charge is 2.10. The van der Waals surface area contributed by atoms with E-state index in [-0.39, 0.29) is 5.92 Å². The molecular weight excluding hydrogens is 186 g/mol. The van der Waals surface area contributed by atoms with Gasteiger partial charge in [0.1, 0.15) is 0 Å².